The Bertz CT molecular complexity index is 2940. The van der Waals surface area contributed by atoms with Gasteiger partial charge in [0.05, 0.1) is 51.5 Å². The summed E-state index contributed by atoms with van der Waals surface area (Å²) in [4.78, 5) is 0. The molecule has 6 heteroatoms. The van der Waals surface area contributed by atoms with E-state index in [1.165, 1.54) is 77.0 Å². The summed E-state index contributed by atoms with van der Waals surface area (Å²) >= 11 is 0. The Morgan fingerprint density at radius 3 is 0.651 bits per heavy atom. The third-order valence-corrected chi connectivity index (χ3v) is 17.5. The van der Waals surface area contributed by atoms with Crippen molar-refractivity contribution in [2.75, 3.05) is 39.6 Å². The van der Waals surface area contributed by atoms with Crippen LogP contribution in [0.1, 0.15) is 187 Å². The first-order chi connectivity index (χ1) is 42.6. The highest BCUT2D eigenvalue weighted by Crippen LogP contribution is 2.45. The average molecular weight is 1150 g/mol. The van der Waals surface area contributed by atoms with Crippen molar-refractivity contribution in [3.05, 3.63) is 215 Å². The normalized spacial score (nSPS) is 21.6. The summed E-state index contributed by atoms with van der Waals surface area (Å²) in [5, 5.41) is 0. The van der Waals surface area contributed by atoms with Crippen LogP contribution >= 0.6 is 0 Å². The number of rotatable bonds is 0. The summed E-state index contributed by atoms with van der Waals surface area (Å²) in [6, 6.07) is 51.9. The van der Waals surface area contributed by atoms with E-state index in [-0.39, 0.29) is 11.8 Å². The summed E-state index contributed by atoms with van der Waals surface area (Å²) in [7, 11) is 0. The maximum atomic E-state index is 6.66. The molecule has 2 unspecified atom stereocenters. The highest BCUT2D eigenvalue weighted by molar-refractivity contribution is 5.63. The molecule has 6 aromatic rings. The van der Waals surface area contributed by atoms with Gasteiger partial charge >= 0.3 is 0 Å². The fourth-order valence-corrected chi connectivity index (χ4v) is 12.6. The van der Waals surface area contributed by atoms with Crippen molar-refractivity contribution in [1.82, 2.24) is 0 Å². The number of hydrogen-bond acceptors (Lipinski definition) is 6. The van der Waals surface area contributed by atoms with E-state index in [4.69, 9.17) is 28.4 Å². The number of ether oxygens (including phenoxy) is 6. The third kappa shape index (κ3) is 17.6. The van der Waals surface area contributed by atoms with E-state index in [1.807, 2.05) is 0 Å². The van der Waals surface area contributed by atoms with E-state index < -0.39 is 10.8 Å². The smallest absolute Gasteiger partial charge is 0.119 e. The Hall–Kier alpha value is -7.54. The van der Waals surface area contributed by atoms with Gasteiger partial charge in [0, 0.05) is 0 Å². The third-order valence-electron chi connectivity index (χ3n) is 17.5. The molecule has 0 fully saturated rings. The van der Waals surface area contributed by atoms with E-state index in [1.54, 1.807) is 0 Å². The molecular formula is C80H92O6. The summed E-state index contributed by atoms with van der Waals surface area (Å²) < 4.78 is 39.8. The minimum Gasteiger partial charge on any atom is -0.494 e. The van der Waals surface area contributed by atoms with Gasteiger partial charge in [-0.15, -0.1) is 0 Å². The molecule has 1 aliphatic carbocycles. The Morgan fingerprint density at radius 1 is 0.244 bits per heavy atom. The first kappa shape index (κ1) is 61.5. The Morgan fingerprint density at radius 2 is 0.442 bits per heavy atom. The molecule has 86 heavy (non-hydrogen) atoms. The number of fused-ring (bicyclic) bond motifs is 20. The van der Waals surface area contributed by atoms with Crippen molar-refractivity contribution in [3.63, 3.8) is 0 Å². The molecule has 10 rings (SSSR count). The van der Waals surface area contributed by atoms with Crippen molar-refractivity contribution < 1.29 is 28.4 Å². The summed E-state index contributed by atoms with van der Waals surface area (Å²) in [5.41, 5.74) is 4.24. The Labute approximate surface area is 515 Å². The quantitative estimate of drug-likeness (QED) is 0.112. The largest absolute Gasteiger partial charge is 0.494 e. The van der Waals surface area contributed by atoms with Gasteiger partial charge in [-0.25, -0.2) is 0 Å². The van der Waals surface area contributed by atoms with Crippen LogP contribution in [0.5, 0.6) is 34.5 Å². The molecule has 0 aromatic heterocycles. The Balaban J connectivity index is 1.11. The van der Waals surface area contributed by atoms with Gasteiger partial charge in [-0.1, -0.05) is 249 Å². The van der Waals surface area contributed by atoms with Crippen LogP contribution < -0.4 is 28.4 Å². The van der Waals surface area contributed by atoms with E-state index in [0.717, 1.165) is 145 Å². The molecule has 6 nitrogen and oxygen atoms in total. The van der Waals surface area contributed by atoms with E-state index in [2.05, 4.69) is 206 Å². The molecule has 2 spiro atoms. The van der Waals surface area contributed by atoms with Gasteiger partial charge in [0.25, 0.3) is 0 Å². The van der Waals surface area contributed by atoms with Crippen LogP contribution in [0.2, 0.25) is 0 Å². The summed E-state index contributed by atoms with van der Waals surface area (Å²) in [5.74, 6) is 20.4. The lowest BCUT2D eigenvalue weighted by Gasteiger charge is -2.32. The van der Waals surface area contributed by atoms with Gasteiger partial charge in [0.15, 0.2) is 0 Å². The molecule has 0 saturated heterocycles. The van der Waals surface area contributed by atoms with E-state index in [0.29, 0.717) is 39.6 Å². The van der Waals surface area contributed by atoms with Crippen molar-refractivity contribution in [2.24, 2.45) is 11.8 Å². The second kappa shape index (κ2) is 33.4. The van der Waals surface area contributed by atoms with Crippen LogP contribution in [0, 0.1) is 35.5 Å². The predicted molar refractivity (Wildman–Crippen MR) is 352 cm³/mol. The van der Waals surface area contributed by atoms with Crippen LogP contribution in [0.4, 0.5) is 0 Å². The second-order valence-electron chi connectivity index (χ2n) is 24.0. The molecule has 0 saturated carbocycles. The summed E-state index contributed by atoms with van der Waals surface area (Å²) in [6.07, 6.45) is 40.9. The lowest BCUT2D eigenvalue weighted by molar-refractivity contribution is 0.300. The Kier molecular flexibility index (Phi) is 23.9. The minimum atomic E-state index is -0.953. The van der Waals surface area contributed by atoms with Crippen molar-refractivity contribution >= 4 is 0 Å². The highest BCUT2D eigenvalue weighted by Gasteiger charge is 2.38. The van der Waals surface area contributed by atoms with Gasteiger partial charge in [-0.2, -0.15) is 0 Å². The zero-order chi connectivity index (χ0) is 58.6. The highest BCUT2D eigenvalue weighted by atomic mass is 16.5. The fourth-order valence-electron chi connectivity index (χ4n) is 12.6. The standard InChI is InChI=1S/C80H92O6/c1-2-8-14-22-54-82-74-42-28-36-68(60-74)79(67-35-27-41-73(59-67)81-53-21-13-7-1)51-49-65-33-19-20-34-66(48-47-65)50-52-80(69-37-29-43-75(61-69)83-55-23-15-9-3-4-10-16-24-56-84-76-44-30-38-70(80)62-76)72-40-32-46-78(64-72)86-58-26-18-12-6-5-11-17-25-57-85-77-45-31-39-71(79)63-77/h19-20,27-48,59-66H,1-18,21-26,53-58H2/b33-19-,34-20-,48-47-. The molecule has 3 aliphatic heterocycles. The maximum absolute atomic E-state index is 6.66. The van der Waals surface area contributed by atoms with Gasteiger partial charge in [0.1, 0.15) is 45.3 Å². The number of benzene rings is 6. The molecule has 14 bridgehead atoms. The molecule has 2 atom stereocenters. The number of hydrogen-bond donors (Lipinski definition) is 0. The first-order valence-electron chi connectivity index (χ1n) is 33.1. The van der Waals surface area contributed by atoms with Crippen LogP contribution in [-0.2, 0) is 10.8 Å². The van der Waals surface area contributed by atoms with Crippen LogP contribution in [-0.4, -0.2) is 39.6 Å². The van der Waals surface area contributed by atoms with Gasteiger partial charge in [-0.05, 0) is 145 Å². The molecule has 448 valence electrons. The van der Waals surface area contributed by atoms with Crippen LogP contribution in [0.25, 0.3) is 0 Å². The van der Waals surface area contributed by atoms with Gasteiger partial charge in [0.2, 0.25) is 0 Å². The van der Waals surface area contributed by atoms with E-state index in [9.17, 15) is 0 Å². The zero-order valence-corrected chi connectivity index (χ0v) is 51.1. The van der Waals surface area contributed by atoms with Crippen molar-refractivity contribution in [2.45, 2.75) is 165 Å². The monoisotopic (exact) mass is 1150 g/mol. The molecule has 3 heterocycles. The maximum Gasteiger partial charge on any atom is 0.119 e. The average Bonchev–Trinajstić information content (AvgIpc) is 1.75. The predicted octanol–water partition coefficient (Wildman–Crippen LogP) is 19.7. The van der Waals surface area contributed by atoms with Crippen molar-refractivity contribution in [3.8, 4) is 58.2 Å². The van der Waals surface area contributed by atoms with Gasteiger partial charge in [-0.3, -0.25) is 0 Å². The lowest BCUT2D eigenvalue weighted by atomic mass is 9.69. The first-order valence-corrected chi connectivity index (χ1v) is 33.1. The topological polar surface area (TPSA) is 55.4 Å². The molecule has 6 aromatic carbocycles. The molecule has 0 N–H and O–H groups in total. The van der Waals surface area contributed by atoms with Crippen LogP contribution in [0.15, 0.2) is 182 Å². The van der Waals surface area contributed by atoms with Crippen LogP contribution in [0.3, 0.4) is 0 Å². The summed E-state index contributed by atoms with van der Waals surface area (Å²) in [6.45, 7) is 4.01. The minimum absolute atomic E-state index is 0.255. The van der Waals surface area contributed by atoms with E-state index >= 15 is 0 Å². The molecule has 4 aliphatic rings. The molecule has 0 amide bonds. The molecular weight excluding hydrogens is 1060 g/mol. The lowest BCUT2D eigenvalue weighted by Crippen LogP contribution is -2.28. The molecule has 0 radical (unpaired) electrons. The second-order valence-corrected chi connectivity index (χ2v) is 24.0. The SMILES string of the molecule is C1#CC2(c3cccc(c3)OCCCCCCCCCCOc3cccc2c3)c2cccc(c2)OCCCCCCCCCCOc2cccc(c2)C2(C#CC3/C=C\C=C/C1/C=C\3)c1cccc(c1)OCCCCCCCCCCOc1cccc2c1. The van der Waals surface area contributed by atoms with Crippen molar-refractivity contribution in [1.29, 1.82) is 0 Å². The number of allylic oxidation sites excluding steroid dienone is 6. The van der Waals surface area contributed by atoms with Gasteiger partial charge < -0.3 is 28.4 Å². The fraction of sp³-hybridized carbons (Fsp3) is 0.425. The zero-order valence-electron chi connectivity index (χ0n) is 51.1.